The van der Waals surface area contributed by atoms with E-state index in [9.17, 15) is 0 Å². The first-order valence-corrected chi connectivity index (χ1v) is 8.69. The fraction of sp³-hybridized carbons (Fsp3) is 0.158. The number of H-pyrrole nitrogens is 1. The molecule has 4 aromatic heterocycles. The molecule has 0 amide bonds. The van der Waals surface area contributed by atoms with E-state index in [1.54, 1.807) is 12.5 Å². The number of aromatic amines is 1. The van der Waals surface area contributed by atoms with Gasteiger partial charge in [0.25, 0.3) is 0 Å². The molecule has 5 heterocycles. The average molecular weight is 359 g/mol. The molecule has 8 nitrogen and oxygen atoms in total. The normalized spacial score (nSPS) is 12.9. The zero-order valence-corrected chi connectivity index (χ0v) is 14.7. The number of nitrogens with one attached hydrogen (secondary N) is 3. The minimum absolute atomic E-state index is 0.583. The lowest BCUT2D eigenvalue weighted by Gasteiger charge is -2.22. The third kappa shape index (κ3) is 2.80. The number of fused-ring (bicyclic) bond motifs is 2. The molecule has 0 aromatic carbocycles. The summed E-state index contributed by atoms with van der Waals surface area (Å²) in [5.41, 5.74) is 5.66. The lowest BCUT2D eigenvalue weighted by molar-refractivity contribution is 0.323. The van der Waals surface area contributed by atoms with Crippen molar-refractivity contribution in [2.45, 2.75) is 6.92 Å². The fourth-order valence-electron chi connectivity index (χ4n) is 3.13. The van der Waals surface area contributed by atoms with Gasteiger partial charge in [0.05, 0.1) is 35.6 Å². The van der Waals surface area contributed by atoms with Crippen molar-refractivity contribution >= 4 is 28.4 Å². The molecule has 0 unspecified atom stereocenters. The molecule has 0 saturated carbocycles. The van der Waals surface area contributed by atoms with Gasteiger partial charge in [-0.05, 0) is 31.2 Å². The standard InChI is InChI=1S/C19H17N7O/c1-11-3-2-4-12(24-11)14-9-15(17-19(26-14)21-7-8-27-17)25-13-5-6-20-18-16(13)22-10-23-18/h2-6,9-10H,7-8H2,1H3,(H3,20,21,22,23,25,26). The van der Waals surface area contributed by atoms with Gasteiger partial charge in [-0.2, -0.15) is 0 Å². The summed E-state index contributed by atoms with van der Waals surface area (Å²) in [6, 6.07) is 9.73. The van der Waals surface area contributed by atoms with Crippen molar-refractivity contribution in [3.05, 3.63) is 48.5 Å². The SMILES string of the molecule is Cc1cccc(-c2cc(Nc3ccnc4[nH]cnc34)c3c(n2)NCCO3)n1. The number of rotatable bonds is 3. The lowest BCUT2D eigenvalue weighted by Crippen LogP contribution is -2.20. The number of nitrogens with zero attached hydrogens (tertiary/aromatic N) is 4. The minimum Gasteiger partial charge on any atom is -0.486 e. The van der Waals surface area contributed by atoms with Gasteiger partial charge in [0.15, 0.2) is 17.2 Å². The Kier molecular flexibility index (Phi) is 3.60. The largest absolute Gasteiger partial charge is 0.486 e. The number of aromatic nitrogens is 5. The first-order chi connectivity index (χ1) is 13.3. The molecular weight excluding hydrogens is 342 g/mol. The number of imidazole rings is 1. The molecule has 0 bridgehead atoms. The third-order valence-electron chi connectivity index (χ3n) is 4.35. The van der Waals surface area contributed by atoms with Gasteiger partial charge in [0.2, 0.25) is 0 Å². The Hall–Kier alpha value is -3.68. The summed E-state index contributed by atoms with van der Waals surface area (Å²) in [4.78, 5) is 21.0. The Bertz CT molecular complexity index is 1140. The van der Waals surface area contributed by atoms with Crippen molar-refractivity contribution in [2.24, 2.45) is 0 Å². The summed E-state index contributed by atoms with van der Waals surface area (Å²) in [5.74, 6) is 1.40. The highest BCUT2D eigenvalue weighted by atomic mass is 16.5. The summed E-state index contributed by atoms with van der Waals surface area (Å²) in [7, 11) is 0. The second kappa shape index (κ2) is 6.24. The summed E-state index contributed by atoms with van der Waals surface area (Å²) in [6.45, 7) is 3.26. The van der Waals surface area contributed by atoms with Crippen LogP contribution in [0, 0.1) is 6.92 Å². The molecule has 3 N–H and O–H groups in total. The summed E-state index contributed by atoms with van der Waals surface area (Å²) in [6.07, 6.45) is 3.36. The van der Waals surface area contributed by atoms with Crippen LogP contribution in [0.1, 0.15) is 5.69 Å². The Morgan fingerprint density at radius 2 is 2.04 bits per heavy atom. The second-order valence-corrected chi connectivity index (χ2v) is 6.26. The van der Waals surface area contributed by atoms with Crippen LogP contribution in [0.3, 0.4) is 0 Å². The molecule has 1 aliphatic rings. The van der Waals surface area contributed by atoms with Gasteiger partial charge in [0, 0.05) is 11.9 Å². The molecule has 0 radical (unpaired) electrons. The quantitative estimate of drug-likeness (QED) is 0.516. The molecule has 0 aliphatic carbocycles. The van der Waals surface area contributed by atoms with E-state index in [2.05, 4.69) is 30.6 Å². The second-order valence-electron chi connectivity index (χ2n) is 6.26. The Labute approximate surface area is 155 Å². The zero-order chi connectivity index (χ0) is 18.2. The van der Waals surface area contributed by atoms with Crippen molar-refractivity contribution in [1.29, 1.82) is 0 Å². The predicted octanol–water partition coefficient (Wildman–Crippen LogP) is 3.27. The van der Waals surface area contributed by atoms with Crippen molar-refractivity contribution in [3.8, 4) is 17.1 Å². The van der Waals surface area contributed by atoms with E-state index in [0.29, 0.717) is 24.7 Å². The van der Waals surface area contributed by atoms with Crippen molar-refractivity contribution in [3.63, 3.8) is 0 Å². The van der Waals surface area contributed by atoms with Gasteiger partial charge in [-0.25, -0.2) is 15.0 Å². The van der Waals surface area contributed by atoms with Gasteiger partial charge in [-0.3, -0.25) is 4.98 Å². The highest BCUT2D eigenvalue weighted by Crippen LogP contribution is 2.39. The number of pyridine rings is 3. The van der Waals surface area contributed by atoms with Crippen LogP contribution in [0.5, 0.6) is 5.75 Å². The number of hydrogen-bond donors (Lipinski definition) is 3. The minimum atomic E-state index is 0.583. The Morgan fingerprint density at radius 3 is 2.96 bits per heavy atom. The highest BCUT2D eigenvalue weighted by Gasteiger charge is 2.20. The van der Waals surface area contributed by atoms with E-state index >= 15 is 0 Å². The van der Waals surface area contributed by atoms with Crippen LogP contribution in [0.2, 0.25) is 0 Å². The number of anilines is 3. The molecule has 4 aromatic rings. The molecule has 5 rings (SSSR count). The summed E-state index contributed by atoms with van der Waals surface area (Å²) in [5, 5.41) is 6.74. The van der Waals surface area contributed by atoms with E-state index in [1.165, 1.54) is 0 Å². The van der Waals surface area contributed by atoms with Crippen molar-refractivity contribution < 1.29 is 4.74 Å². The van der Waals surface area contributed by atoms with E-state index in [0.717, 1.165) is 39.6 Å². The van der Waals surface area contributed by atoms with Crippen LogP contribution in [0.15, 0.2) is 42.9 Å². The smallest absolute Gasteiger partial charge is 0.185 e. The maximum absolute atomic E-state index is 5.88. The van der Waals surface area contributed by atoms with Gasteiger partial charge in [-0.1, -0.05) is 6.07 Å². The monoisotopic (exact) mass is 359 g/mol. The van der Waals surface area contributed by atoms with Crippen LogP contribution >= 0.6 is 0 Å². The first kappa shape index (κ1) is 15.6. The zero-order valence-electron chi connectivity index (χ0n) is 14.7. The number of hydrogen-bond acceptors (Lipinski definition) is 7. The van der Waals surface area contributed by atoms with E-state index in [1.807, 2.05) is 37.3 Å². The molecule has 0 atom stereocenters. The molecule has 0 saturated heterocycles. The van der Waals surface area contributed by atoms with E-state index < -0.39 is 0 Å². The van der Waals surface area contributed by atoms with Crippen molar-refractivity contribution in [2.75, 3.05) is 23.8 Å². The number of aryl methyl sites for hydroxylation is 1. The average Bonchev–Trinajstić information content (AvgIpc) is 3.18. The maximum Gasteiger partial charge on any atom is 0.185 e. The van der Waals surface area contributed by atoms with Crippen LogP contribution < -0.4 is 15.4 Å². The lowest BCUT2D eigenvalue weighted by atomic mass is 10.2. The van der Waals surface area contributed by atoms with Crippen LogP contribution in [-0.4, -0.2) is 38.1 Å². The van der Waals surface area contributed by atoms with Gasteiger partial charge >= 0.3 is 0 Å². The van der Waals surface area contributed by atoms with Gasteiger partial charge in [0.1, 0.15) is 12.1 Å². The summed E-state index contributed by atoms with van der Waals surface area (Å²) < 4.78 is 5.88. The van der Waals surface area contributed by atoms with Crippen LogP contribution in [0.4, 0.5) is 17.2 Å². The van der Waals surface area contributed by atoms with Crippen LogP contribution in [-0.2, 0) is 0 Å². The number of ether oxygens (including phenoxy) is 1. The molecule has 27 heavy (non-hydrogen) atoms. The molecule has 8 heteroatoms. The topological polar surface area (TPSA) is 101 Å². The molecule has 0 spiro atoms. The predicted molar refractivity (Wildman–Crippen MR) is 103 cm³/mol. The fourth-order valence-corrected chi connectivity index (χ4v) is 3.13. The molecule has 134 valence electrons. The summed E-state index contributed by atoms with van der Waals surface area (Å²) >= 11 is 0. The van der Waals surface area contributed by atoms with Gasteiger partial charge < -0.3 is 20.4 Å². The molecular formula is C19H17N7O. The Balaban J connectivity index is 1.64. The van der Waals surface area contributed by atoms with Crippen molar-refractivity contribution in [1.82, 2.24) is 24.9 Å². The first-order valence-electron chi connectivity index (χ1n) is 8.69. The Morgan fingerprint density at radius 1 is 1.07 bits per heavy atom. The molecule has 0 fully saturated rings. The van der Waals surface area contributed by atoms with E-state index in [-0.39, 0.29) is 0 Å². The third-order valence-corrected chi connectivity index (χ3v) is 4.35. The van der Waals surface area contributed by atoms with Crippen LogP contribution in [0.25, 0.3) is 22.6 Å². The van der Waals surface area contributed by atoms with Gasteiger partial charge in [-0.15, -0.1) is 0 Å². The molecule has 1 aliphatic heterocycles. The highest BCUT2D eigenvalue weighted by molar-refractivity contribution is 5.89. The maximum atomic E-state index is 5.88. The van der Waals surface area contributed by atoms with E-state index in [4.69, 9.17) is 9.72 Å².